The number of halogens is 1. The van der Waals surface area contributed by atoms with Gasteiger partial charge in [0, 0.05) is 6.61 Å². The van der Waals surface area contributed by atoms with Crippen molar-refractivity contribution in [3.05, 3.63) is 24.3 Å². The summed E-state index contributed by atoms with van der Waals surface area (Å²) in [4.78, 5) is 0. The van der Waals surface area contributed by atoms with Gasteiger partial charge in [0.2, 0.25) is 0 Å². The van der Waals surface area contributed by atoms with Crippen molar-refractivity contribution in [3.63, 3.8) is 0 Å². The van der Waals surface area contributed by atoms with E-state index in [9.17, 15) is 14.7 Å². The zero-order valence-electron chi connectivity index (χ0n) is 8.71. The number of aromatic hydroxyl groups is 1. The van der Waals surface area contributed by atoms with Crippen LogP contribution in [0.15, 0.2) is 24.3 Å². The van der Waals surface area contributed by atoms with Gasteiger partial charge in [-0.2, -0.15) is 0 Å². The monoisotopic (exact) mass is 227 g/mol. The fourth-order valence-corrected chi connectivity index (χ4v) is 1.80. The third-order valence-electron chi connectivity index (χ3n) is 2.70. The Morgan fingerprint density at radius 3 is 2.81 bits per heavy atom. The summed E-state index contributed by atoms with van der Waals surface area (Å²) in [5.74, 6) is -0.0660. The standard InChI is InChI=1S/C11H14FNO3/c12-8-7-16-6-5-9(8)13(15)10-3-1-2-4-11(10)14/h1-4,8-9,14-15H,5-7H2. The molecule has 0 radical (unpaired) electrons. The van der Waals surface area contributed by atoms with Crippen LogP contribution in [0.1, 0.15) is 6.42 Å². The molecule has 1 aromatic rings. The minimum atomic E-state index is -1.25. The SMILES string of the molecule is Oc1ccccc1N(O)C1CCOCC1F. The number of nitrogens with zero attached hydrogens (tertiary/aromatic N) is 1. The number of phenolic OH excluding ortho intramolecular Hbond substituents is 1. The van der Waals surface area contributed by atoms with Gasteiger partial charge in [0.05, 0.1) is 12.6 Å². The van der Waals surface area contributed by atoms with Crippen molar-refractivity contribution >= 4 is 5.69 Å². The molecule has 0 bridgehead atoms. The van der Waals surface area contributed by atoms with Gasteiger partial charge >= 0.3 is 0 Å². The summed E-state index contributed by atoms with van der Waals surface area (Å²) in [7, 11) is 0. The summed E-state index contributed by atoms with van der Waals surface area (Å²) in [5.41, 5.74) is 0.219. The fraction of sp³-hybridized carbons (Fsp3) is 0.455. The number of anilines is 1. The van der Waals surface area contributed by atoms with E-state index < -0.39 is 12.2 Å². The molecule has 1 aromatic carbocycles. The summed E-state index contributed by atoms with van der Waals surface area (Å²) in [5, 5.41) is 20.2. The number of alkyl halides is 1. The van der Waals surface area contributed by atoms with Crippen LogP contribution in [-0.4, -0.2) is 35.7 Å². The van der Waals surface area contributed by atoms with Crippen LogP contribution in [0.25, 0.3) is 0 Å². The highest BCUT2D eigenvalue weighted by Gasteiger charge is 2.31. The van der Waals surface area contributed by atoms with Crippen molar-refractivity contribution in [2.45, 2.75) is 18.6 Å². The molecule has 0 aromatic heterocycles. The fourth-order valence-electron chi connectivity index (χ4n) is 1.80. The first-order chi connectivity index (χ1) is 7.70. The summed E-state index contributed by atoms with van der Waals surface area (Å²) in [6, 6.07) is 5.64. The van der Waals surface area contributed by atoms with Crippen LogP contribution in [0.2, 0.25) is 0 Å². The van der Waals surface area contributed by atoms with E-state index in [0.717, 1.165) is 5.06 Å². The zero-order chi connectivity index (χ0) is 11.5. The molecule has 1 heterocycles. The molecule has 1 saturated heterocycles. The second-order valence-corrected chi connectivity index (χ2v) is 3.78. The quantitative estimate of drug-likeness (QED) is 0.755. The molecule has 2 atom stereocenters. The molecule has 5 heteroatoms. The number of rotatable bonds is 2. The van der Waals surface area contributed by atoms with Gasteiger partial charge in [-0.1, -0.05) is 12.1 Å². The highest BCUT2D eigenvalue weighted by molar-refractivity contribution is 5.56. The molecular formula is C11H14FNO3. The maximum Gasteiger partial charge on any atom is 0.146 e. The largest absolute Gasteiger partial charge is 0.506 e. The summed E-state index contributed by atoms with van der Waals surface area (Å²) in [6.45, 7) is 0.394. The first-order valence-corrected chi connectivity index (χ1v) is 5.18. The first-order valence-electron chi connectivity index (χ1n) is 5.18. The maximum absolute atomic E-state index is 13.5. The number of hydrogen-bond acceptors (Lipinski definition) is 4. The average Bonchev–Trinajstić information content (AvgIpc) is 2.29. The molecule has 0 spiro atoms. The zero-order valence-corrected chi connectivity index (χ0v) is 8.71. The lowest BCUT2D eigenvalue weighted by Crippen LogP contribution is -2.45. The van der Waals surface area contributed by atoms with Crippen molar-refractivity contribution in [2.24, 2.45) is 0 Å². The topological polar surface area (TPSA) is 52.9 Å². The Morgan fingerprint density at radius 1 is 1.38 bits per heavy atom. The third-order valence-corrected chi connectivity index (χ3v) is 2.70. The van der Waals surface area contributed by atoms with E-state index in [1.807, 2.05) is 0 Å². The molecule has 88 valence electrons. The molecular weight excluding hydrogens is 213 g/mol. The minimum absolute atomic E-state index is 0.0185. The van der Waals surface area contributed by atoms with E-state index in [0.29, 0.717) is 13.0 Å². The molecule has 4 nitrogen and oxygen atoms in total. The van der Waals surface area contributed by atoms with Gasteiger partial charge in [-0.25, -0.2) is 9.45 Å². The number of benzene rings is 1. The lowest BCUT2D eigenvalue weighted by atomic mass is 10.1. The van der Waals surface area contributed by atoms with Gasteiger partial charge in [0.1, 0.15) is 17.6 Å². The van der Waals surface area contributed by atoms with Crippen LogP contribution in [0.4, 0.5) is 10.1 Å². The van der Waals surface area contributed by atoms with Gasteiger partial charge in [0.15, 0.2) is 0 Å². The van der Waals surface area contributed by atoms with Gasteiger partial charge in [-0.15, -0.1) is 0 Å². The third kappa shape index (κ3) is 2.10. The van der Waals surface area contributed by atoms with E-state index in [-0.39, 0.29) is 18.0 Å². The Labute approximate surface area is 92.8 Å². The predicted octanol–water partition coefficient (Wildman–Crippen LogP) is 1.71. The van der Waals surface area contributed by atoms with Crippen LogP contribution in [0, 0.1) is 0 Å². The Morgan fingerprint density at radius 2 is 2.12 bits per heavy atom. The number of ether oxygens (including phenoxy) is 1. The van der Waals surface area contributed by atoms with Gasteiger partial charge < -0.3 is 9.84 Å². The molecule has 16 heavy (non-hydrogen) atoms. The molecule has 0 aliphatic carbocycles. The van der Waals surface area contributed by atoms with Crippen molar-refractivity contribution in [1.82, 2.24) is 0 Å². The number of phenols is 1. The molecule has 1 aliphatic rings. The van der Waals surface area contributed by atoms with Crippen LogP contribution >= 0.6 is 0 Å². The van der Waals surface area contributed by atoms with E-state index in [1.54, 1.807) is 12.1 Å². The van der Waals surface area contributed by atoms with Crippen LogP contribution < -0.4 is 5.06 Å². The number of hydroxylamine groups is 1. The summed E-state index contributed by atoms with van der Waals surface area (Å²) in [6.07, 6.45) is -0.857. The predicted molar refractivity (Wildman–Crippen MR) is 56.5 cm³/mol. The van der Waals surface area contributed by atoms with Crippen molar-refractivity contribution in [2.75, 3.05) is 18.3 Å². The maximum atomic E-state index is 13.5. The van der Waals surface area contributed by atoms with E-state index in [4.69, 9.17) is 4.74 Å². The molecule has 2 N–H and O–H groups in total. The summed E-state index contributed by atoms with van der Waals surface area (Å²) >= 11 is 0. The molecule has 2 rings (SSSR count). The van der Waals surface area contributed by atoms with Gasteiger partial charge in [0.25, 0.3) is 0 Å². The van der Waals surface area contributed by atoms with E-state index >= 15 is 0 Å². The highest BCUT2D eigenvalue weighted by Crippen LogP contribution is 2.29. The molecule has 0 amide bonds. The molecule has 1 aliphatic heterocycles. The van der Waals surface area contributed by atoms with Crippen molar-refractivity contribution in [3.8, 4) is 5.75 Å². The minimum Gasteiger partial charge on any atom is -0.506 e. The lowest BCUT2D eigenvalue weighted by molar-refractivity contribution is -0.000457. The van der Waals surface area contributed by atoms with Crippen LogP contribution in [-0.2, 0) is 4.74 Å². The first kappa shape index (κ1) is 11.2. The molecule has 1 fully saturated rings. The number of para-hydroxylation sites is 2. The second kappa shape index (κ2) is 4.67. The van der Waals surface area contributed by atoms with Crippen molar-refractivity contribution in [1.29, 1.82) is 0 Å². The Balaban J connectivity index is 2.17. The van der Waals surface area contributed by atoms with Gasteiger partial charge in [-0.3, -0.25) is 5.21 Å². The lowest BCUT2D eigenvalue weighted by Gasteiger charge is -2.33. The average molecular weight is 227 g/mol. The van der Waals surface area contributed by atoms with Gasteiger partial charge in [-0.05, 0) is 18.6 Å². The molecule has 2 unspecified atom stereocenters. The van der Waals surface area contributed by atoms with Crippen LogP contribution in [0.5, 0.6) is 5.75 Å². The van der Waals surface area contributed by atoms with Crippen LogP contribution in [0.3, 0.4) is 0 Å². The molecule has 0 saturated carbocycles. The Kier molecular flexibility index (Phi) is 3.26. The second-order valence-electron chi connectivity index (χ2n) is 3.78. The van der Waals surface area contributed by atoms with E-state index in [1.165, 1.54) is 12.1 Å². The number of hydrogen-bond donors (Lipinski definition) is 2. The normalized spacial score (nSPS) is 25.4. The Hall–Kier alpha value is -1.33. The Bertz CT molecular complexity index is 361. The summed E-state index contributed by atoms with van der Waals surface area (Å²) < 4.78 is 18.5. The smallest absolute Gasteiger partial charge is 0.146 e. The van der Waals surface area contributed by atoms with Crippen molar-refractivity contribution < 1.29 is 19.4 Å². The van der Waals surface area contributed by atoms with E-state index in [2.05, 4.69) is 0 Å². The highest BCUT2D eigenvalue weighted by atomic mass is 19.1.